The Hall–Kier alpha value is -1.52. The van der Waals surface area contributed by atoms with Gasteiger partial charge >= 0.3 is 12.0 Å². The van der Waals surface area contributed by atoms with E-state index in [9.17, 15) is 9.59 Å². The topological polar surface area (TPSA) is 69.6 Å². The van der Waals surface area contributed by atoms with Crippen LogP contribution >= 0.6 is 0 Å². The van der Waals surface area contributed by atoms with Gasteiger partial charge in [0.05, 0.1) is 5.92 Å². The van der Waals surface area contributed by atoms with Crippen LogP contribution in [0.2, 0.25) is 0 Å². The predicted molar refractivity (Wildman–Crippen MR) is 71.7 cm³/mol. The van der Waals surface area contributed by atoms with Gasteiger partial charge in [-0.25, -0.2) is 4.79 Å². The lowest BCUT2D eigenvalue weighted by Crippen LogP contribution is -2.41. The lowest BCUT2D eigenvalue weighted by molar-refractivity contribution is -0.142. The van der Waals surface area contributed by atoms with Crippen molar-refractivity contribution in [2.24, 2.45) is 17.8 Å². The van der Waals surface area contributed by atoms with Crippen molar-refractivity contribution in [3.63, 3.8) is 0 Å². The highest BCUT2D eigenvalue weighted by molar-refractivity contribution is 5.77. The van der Waals surface area contributed by atoms with Crippen molar-refractivity contribution < 1.29 is 14.7 Å². The zero-order chi connectivity index (χ0) is 13.8. The maximum Gasteiger partial charge on any atom is 0.317 e. The number of urea groups is 1. The molecule has 106 valence electrons. The van der Waals surface area contributed by atoms with Gasteiger partial charge in [0.2, 0.25) is 0 Å². The van der Waals surface area contributed by atoms with Gasteiger partial charge in [0.15, 0.2) is 0 Å². The molecule has 0 aromatic heterocycles. The van der Waals surface area contributed by atoms with E-state index in [1.54, 1.807) is 4.90 Å². The summed E-state index contributed by atoms with van der Waals surface area (Å²) in [5.41, 5.74) is 0. The van der Waals surface area contributed by atoms with Gasteiger partial charge in [-0.05, 0) is 31.1 Å². The van der Waals surface area contributed by atoms with Crippen LogP contribution in [0, 0.1) is 17.8 Å². The molecule has 5 heteroatoms. The largest absolute Gasteiger partial charge is 0.481 e. The number of carboxylic acids is 1. The number of carbonyl (C=O) groups excluding carboxylic acids is 1. The number of aliphatic carboxylic acids is 1. The molecule has 0 aromatic carbocycles. The fraction of sp³-hybridized carbons (Fsp3) is 0.714. The quantitative estimate of drug-likeness (QED) is 0.764. The first-order chi connectivity index (χ1) is 9.08. The third kappa shape index (κ3) is 3.49. The van der Waals surface area contributed by atoms with Crippen LogP contribution in [-0.2, 0) is 4.79 Å². The highest BCUT2D eigenvalue weighted by atomic mass is 16.4. The monoisotopic (exact) mass is 266 g/mol. The third-order valence-electron chi connectivity index (χ3n) is 4.14. The molecule has 1 heterocycles. The van der Waals surface area contributed by atoms with E-state index in [0.29, 0.717) is 25.6 Å². The van der Waals surface area contributed by atoms with Crippen LogP contribution in [-0.4, -0.2) is 41.6 Å². The van der Waals surface area contributed by atoms with E-state index in [2.05, 4.69) is 17.5 Å². The van der Waals surface area contributed by atoms with Crippen LogP contribution < -0.4 is 5.32 Å². The van der Waals surface area contributed by atoms with Crippen molar-refractivity contribution >= 4 is 12.0 Å². The van der Waals surface area contributed by atoms with E-state index in [1.165, 1.54) is 0 Å². The Kier molecular flexibility index (Phi) is 4.45. The average Bonchev–Trinajstić information content (AvgIpc) is 2.79. The minimum atomic E-state index is -0.805. The molecule has 2 aliphatic rings. The average molecular weight is 266 g/mol. The highest BCUT2D eigenvalue weighted by Crippen LogP contribution is 2.23. The number of nitrogens with zero attached hydrogens (tertiary/aromatic N) is 1. The van der Waals surface area contributed by atoms with Crippen LogP contribution in [0.1, 0.15) is 26.2 Å². The zero-order valence-electron chi connectivity index (χ0n) is 11.3. The van der Waals surface area contributed by atoms with Crippen LogP contribution in [0.15, 0.2) is 12.2 Å². The van der Waals surface area contributed by atoms with Crippen LogP contribution in [0.5, 0.6) is 0 Å². The lowest BCUT2D eigenvalue weighted by Gasteiger charge is -2.21. The molecule has 0 bridgehead atoms. The van der Waals surface area contributed by atoms with Gasteiger partial charge in [-0.1, -0.05) is 19.1 Å². The minimum Gasteiger partial charge on any atom is -0.481 e. The van der Waals surface area contributed by atoms with Crippen LogP contribution in [0.4, 0.5) is 4.79 Å². The molecule has 19 heavy (non-hydrogen) atoms. The van der Waals surface area contributed by atoms with Gasteiger partial charge < -0.3 is 15.3 Å². The van der Waals surface area contributed by atoms with E-state index < -0.39 is 11.9 Å². The van der Waals surface area contributed by atoms with Crippen molar-refractivity contribution in [2.75, 3.05) is 19.6 Å². The summed E-state index contributed by atoms with van der Waals surface area (Å²) >= 11 is 0. The summed E-state index contributed by atoms with van der Waals surface area (Å²) in [6.45, 7) is 3.43. The number of amides is 2. The molecule has 1 saturated heterocycles. The molecule has 5 nitrogen and oxygen atoms in total. The number of hydrogen-bond donors (Lipinski definition) is 2. The predicted octanol–water partition coefficient (Wildman–Crippen LogP) is 1.70. The summed E-state index contributed by atoms with van der Waals surface area (Å²) in [4.78, 5) is 24.7. The third-order valence-corrected chi connectivity index (χ3v) is 4.14. The molecule has 2 N–H and O–H groups in total. The van der Waals surface area contributed by atoms with E-state index >= 15 is 0 Å². The molecule has 3 atom stereocenters. The van der Waals surface area contributed by atoms with Crippen molar-refractivity contribution in [1.29, 1.82) is 0 Å². The minimum absolute atomic E-state index is 0.0286. The number of hydrogen-bond acceptors (Lipinski definition) is 2. The Morgan fingerprint density at radius 3 is 2.74 bits per heavy atom. The number of rotatable bonds is 3. The Labute approximate surface area is 113 Å². The van der Waals surface area contributed by atoms with Crippen LogP contribution in [0.3, 0.4) is 0 Å². The first-order valence-corrected chi connectivity index (χ1v) is 6.98. The van der Waals surface area contributed by atoms with Crippen LogP contribution in [0.25, 0.3) is 0 Å². The molecule has 1 fully saturated rings. The van der Waals surface area contributed by atoms with E-state index in [-0.39, 0.29) is 11.9 Å². The Balaban J connectivity index is 1.77. The van der Waals surface area contributed by atoms with E-state index in [4.69, 9.17) is 5.11 Å². The van der Waals surface area contributed by atoms with Crippen molar-refractivity contribution in [1.82, 2.24) is 10.2 Å². The van der Waals surface area contributed by atoms with E-state index in [1.807, 2.05) is 6.92 Å². The molecular formula is C14H22N2O3. The molecule has 0 saturated carbocycles. The number of likely N-dealkylation sites (tertiary alicyclic amines) is 1. The van der Waals surface area contributed by atoms with Crippen molar-refractivity contribution in [3.8, 4) is 0 Å². The molecule has 0 spiro atoms. The normalized spacial score (nSPS) is 30.4. The molecule has 0 radical (unpaired) electrons. The summed E-state index contributed by atoms with van der Waals surface area (Å²) in [7, 11) is 0. The lowest BCUT2D eigenvalue weighted by atomic mass is 9.94. The summed E-state index contributed by atoms with van der Waals surface area (Å²) in [5, 5.41) is 12.0. The fourth-order valence-electron chi connectivity index (χ4n) is 2.84. The molecule has 2 amide bonds. The second-order valence-corrected chi connectivity index (χ2v) is 5.66. The zero-order valence-corrected chi connectivity index (χ0v) is 11.3. The SMILES string of the molecule is CC1CN(C(=O)NCC2CC=CCC2)CC1C(=O)O. The second-order valence-electron chi connectivity index (χ2n) is 5.66. The summed E-state index contributed by atoms with van der Waals surface area (Å²) in [5.74, 6) is -0.686. The first kappa shape index (κ1) is 13.9. The molecule has 3 unspecified atom stereocenters. The van der Waals surface area contributed by atoms with Crippen molar-refractivity contribution in [2.45, 2.75) is 26.2 Å². The van der Waals surface area contributed by atoms with Gasteiger partial charge in [-0.3, -0.25) is 4.79 Å². The summed E-state index contributed by atoms with van der Waals surface area (Å²) in [6.07, 6.45) is 7.57. The molecule has 1 aliphatic carbocycles. The van der Waals surface area contributed by atoms with Gasteiger partial charge in [0.1, 0.15) is 0 Å². The van der Waals surface area contributed by atoms with Gasteiger partial charge in [0, 0.05) is 19.6 Å². The number of carbonyl (C=O) groups is 2. The number of carboxylic acid groups (broad SMARTS) is 1. The molecule has 0 aromatic rings. The number of allylic oxidation sites excluding steroid dienone is 2. The second kappa shape index (κ2) is 6.08. The standard InChI is InChI=1S/C14H22N2O3/c1-10-8-16(9-12(10)13(17)18)14(19)15-7-11-5-3-2-4-6-11/h2-3,10-12H,4-9H2,1H3,(H,15,19)(H,17,18). The van der Waals surface area contributed by atoms with Gasteiger partial charge in [-0.2, -0.15) is 0 Å². The summed E-state index contributed by atoms with van der Waals surface area (Å²) in [6, 6.07) is -0.120. The fourth-order valence-corrected chi connectivity index (χ4v) is 2.84. The molecular weight excluding hydrogens is 244 g/mol. The highest BCUT2D eigenvalue weighted by Gasteiger charge is 2.36. The van der Waals surface area contributed by atoms with Gasteiger partial charge in [-0.15, -0.1) is 0 Å². The smallest absolute Gasteiger partial charge is 0.317 e. The summed E-state index contributed by atoms with van der Waals surface area (Å²) < 4.78 is 0. The number of nitrogens with one attached hydrogen (secondary N) is 1. The Bertz CT molecular complexity index is 381. The molecule has 2 rings (SSSR count). The maximum absolute atomic E-state index is 12.0. The first-order valence-electron chi connectivity index (χ1n) is 6.98. The maximum atomic E-state index is 12.0. The molecule has 1 aliphatic heterocycles. The van der Waals surface area contributed by atoms with Gasteiger partial charge in [0.25, 0.3) is 0 Å². The Morgan fingerprint density at radius 1 is 1.37 bits per heavy atom. The van der Waals surface area contributed by atoms with Crippen molar-refractivity contribution in [3.05, 3.63) is 12.2 Å². The Morgan fingerprint density at radius 2 is 2.16 bits per heavy atom. The van der Waals surface area contributed by atoms with E-state index in [0.717, 1.165) is 19.3 Å².